The molecule has 0 aliphatic rings. The minimum Gasteiger partial charge on any atom is -0.462 e. The number of carbonyl (C=O) groups is 4. The van der Waals surface area contributed by atoms with Crippen LogP contribution in [0, 0.1) is 0 Å². The first kappa shape index (κ1) is 98.1. The van der Waals surface area contributed by atoms with Gasteiger partial charge < -0.3 is 33.8 Å². The topological polar surface area (TPSA) is 237 Å². The summed E-state index contributed by atoms with van der Waals surface area (Å²) < 4.78 is 68.8. The second-order valence-electron chi connectivity index (χ2n) is 29.2. The monoisotopic (exact) mass is 1470 g/mol. The van der Waals surface area contributed by atoms with Crippen LogP contribution in [0.25, 0.3) is 0 Å². The van der Waals surface area contributed by atoms with Crippen LogP contribution in [0.15, 0.2) is 0 Å². The van der Waals surface area contributed by atoms with Crippen LogP contribution in [0.5, 0.6) is 0 Å². The van der Waals surface area contributed by atoms with E-state index in [1.807, 2.05) is 0 Å². The predicted octanol–water partition coefficient (Wildman–Crippen LogP) is 24.6. The summed E-state index contributed by atoms with van der Waals surface area (Å²) in [4.78, 5) is 73.1. The number of ether oxygens (including phenoxy) is 4. The first-order valence-electron chi connectivity index (χ1n) is 42.3. The van der Waals surface area contributed by atoms with Gasteiger partial charge >= 0.3 is 39.5 Å². The SMILES string of the molecule is CCCCCCCCCCCCCCCCCCCCC(=O)O[C@H](COC(=O)CCCCCCCCCCCCCCCCC)COP(=O)(O)OC[C@@H](O)COP(=O)(O)OC[C@@H](COC(=O)CCCCCCCCCCCCCCC)OC(=O)CCCCCCCCCCCCCCCC. The normalized spacial score (nSPS) is 13.8. The maximum atomic E-state index is 13.1. The van der Waals surface area contributed by atoms with Gasteiger partial charge in [-0.25, -0.2) is 9.13 Å². The average Bonchev–Trinajstić information content (AvgIpc) is 0.951. The molecule has 0 aliphatic carbocycles. The number of esters is 4. The van der Waals surface area contributed by atoms with E-state index in [-0.39, 0.29) is 25.7 Å². The molecule has 0 aromatic heterocycles. The van der Waals surface area contributed by atoms with Crippen molar-refractivity contribution in [2.75, 3.05) is 39.6 Å². The fourth-order valence-corrected chi connectivity index (χ4v) is 14.2. The van der Waals surface area contributed by atoms with Gasteiger partial charge in [0.25, 0.3) is 0 Å². The fraction of sp³-hybridized carbons (Fsp3) is 0.951. The number of aliphatic hydroxyl groups excluding tert-OH is 1. The smallest absolute Gasteiger partial charge is 0.462 e. The molecule has 0 saturated heterocycles. The highest BCUT2D eigenvalue weighted by Crippen LogP contribution is 2.45. The maximum Gasteiger partial charge on any atom is 0.472 e. The first-order valence-corrected chi connectivity index (χ1v) is 45.3. The molecule has 0 amide bonds. The van der Waals surface area contributed by atoms with Gasteiger partial charge in [-0.05, 0) is 25.7 Å². The lowest BCUT2D eigenvalue weighted by molar-refractivity contribution is -0.161. The summed E-state index contributed by atoms with van der Waals surface area (Å²) in [6, 6.07) is 0. The molecule has 2 unspecified atom stereocenters. The Morgan fingerprint density at radius 1 is 0.240 bits per heavy atom. The van der Waals surface area contributed by atoms with Gasteiger partial charge in [0.2, 0.25) is 0 Å². The van der Waals surface area contributed by atoms with Crippen LogP contribution in [-0.2, 0) is 65.4 Å². The minimum absolute atomic E-state index is 0.109. The van der Waals surface area contributed by atoms with Crippen molar-refractivity contribution in [3.05, 3.63) is 0 Å². The van der Waals surface area contributed by atoms with E-state index in [4.69, 9.17) is 37.0 Å². The van der Waals surface area contributed by atoms with Gasteiger partial charge in [-0.1, -0.05) is 387 Å². The number of aliphatic hydroxyl groups is 1. The number of phosphoric acid groups is 2. The van der Waals surface area contributed by atoms with Gasteiger partial charge in [0.1, 0.15) is 19.3 Å². The molecule has 100 heavy (non-hydrogen) atoms. The van der Waals surface area contributed by atoms with Gasteiger partial charge in [0.15, 0.2) is 12.2 Å². The van der Waals surface area contributed by atoms with Crippen LogP contribution in [-0.4, -0.2) is 96.7 Å². The summed E-state index contributed by atoms with van der Waals surface area (Å²) in [6.07, 6.45) is 67.8. The van der Waals surface area contributed by atoms with Gasteiger partial charge in [-0.3, -0.25) is 37.3 Å². The number of carbonyl (C=O) groups excluding carboxylic acids is 4. The average molecular weight is 1470 g/mol. The molecule has 0 rings (SSSR count). The lowest BCUT2D eigenvalue weighted by Gasteiger charge is -2.21. The third kappa shape index (κ3) is 74.3. The standard InChI is InChI=1S/C81H158O17P2/c1-5-9-13-17-21-25-29-33-36-37-38-40-44-48-52-56-60-64-68-81(86)98-77(72-92-79(84)66-62-58-54-50-46-43-39-34-30-26-22-18-14-10-6-2)74-96-100(89,90)94-70-75(82)69-93-99(87,88)95-73-76(71-91-78(83)65-61-57-53-49-45-41-32-28-24-20-16-12-8-4)97-80(85)67-63-59-55-51-47-42-35-31-27-23-19-15-11-7-3/h75-77,82H,5-74H2,1-4H3,(H,87,88)(H,89,90)/t75-,76+,77+/m0/s1. The van der Waals surface area contributed by atoms with Crippen LogP contribution in [0.1, 0.15) is 439 Å². The van der Waals surface area contributed by atoms with Crippen molar-refractivity contribution in [2.45, 2.75) is 457 Å². The second-order valence-corrected chi connectivity index (χ2v) is 32.1. The number of hydrogen-bond acceptors (Lipinski definition) is 15. The Morgan fingerprint density at radius 3 is 0.590 bits per heavy atom. The van der Waals surface area contributed by atoms with E-state index in [0.717, 1.165) is 89.9 Å². The van der Waals surface area contributed by atoms with Crippen molar-refractivity contribution in [2.24, 2.45) is 0 Å². The number of rotatable bonds is 82. The molecule has 0 bridgehead atoms. The Morgan fingerprint density at radius 2 is 0.400 bits per heavy atom. The summed E-state index contributed by atoms with van der Waals surface area (Å²) in [7, 11) is -9.92. The Labute approximate surface area is 613 Å². The van der Waals surface area contributed by atoms with Crippen molar-refractivity contribution in [3.63, 3.8) is 0 Å². The van der Waals surface area contributed by atoms with Crippen LogP contribution in [0.3, 0.4) is 0 Å². The summed E-state index contributed by atoms with van der Waals surface area (Å²) in [5.41, 5.74) is 0. The first-order chi connectivity index (χ1) is 48.7. The molecule has 0 heterocycles. The van der Waals surface area contributed by atoms with Crippen molar-refractivity contribution in [1.82, 2.24) is 0 Å². The summed E-state index contributed by atoms with van der Waals surface area (Å²) in [6.45, 7) is 5.04. The second kappa shape index (κ2) is 75.3. The van der Waals surface area contributed by atoms with Gasteiger partial charge in [-0.2, -0.15) is 0 Å². The zero-order valence-electron chi connectivity index (χ0n) is 65.2. The molecule has 0 fully saturated rings. The molecule has 0 aliphatic heterocycles. The summed E-state index contributed by atoms with van der Waals surface area (Å²) >= 11 is 0. The highest BCUT2D eigenvalue weighted by molar-refractivity contribution is 7.47. The number of phosphoric ester groups is 2. The Balaban J connectivity index is 5.26. The maximum absolute atomic E-state index is 13.1. The molecule has 17 nitrogen and oxygen atoms in total. The van der Waals surface area contributed by atoms with Crippen LogP contribution < -0.4 is 0 Å². The van der Waals surface area contributed by atoms with Crippen LogP contribution >= 0.6 is 15.6 Å². The van der Waals surface area contributed by atoms with Crippen LogP contribution in [0.4, 0.5) is 0 Å². The molecule has 0 saturated carbocycles. The number of unbranched alkanes of at least 4 members (excludes halogenated alkanes) is 56. The number of hydrogen-bond donors (Lipinski definition) is 3. The van der Waals surface area contributed by atoms with Gasteiger partial charge in [0.05, 0.1) is 26.4 Å². The third-order valence-electron chi connectivity index (χ3n) is 19.1. The molecule has 0 radical (unpaired) electrons. The summed E-state index contributed by atoms with van der Waals surface area (Å²) in [5, 5.41) is 10.6. The van der Waals surface area contributed by atoms with E-state index in [9.17, 15) is 43.2 Å². The lowest BCUT2D eigenvalue weighted by atomic mass is 10.0. The molecule has 594 valence electrons. The zero-order chi connectivity index (χ0) is 73.2. The molecule has 19 heteroatoms. The van der Waals surface area contributed by atoms with E-state index in [1.54, 1.807) is 0 Å². The third-order valence-corrected chi connectivity index (χ3v) is 21.0. The molecular weight excluding hydrogens is 1310 g/mol. The van der Waals surface area contributed by atoms with E-state index in [2.05, 4.69) is 27.7 Å². The summed E-state index contributed by atoms with van der Waals surface area (Å²) in [5.74, 6) is -2.10. The van der Waals surface area contributed by atoms with Crippen molar-refractivity contribution in [3.8, 4) is 0 Å². The molecule has 3 N–H and O–H groups in total. The van der Waals surface area contributed by atoms with E-state index in [0.29, 0.717) is 25.7 Å². The largest absolute Gasteiger partial charge is 0.472 e. The zero-order valence-corrected chi connectivity index (χ0v) is 67.0. The van der Waals surface area contributed by atoms with Gasteiger partial charge in [0, 0.05) is 25.7 Å². The Hall–Kier alpha value is -1.94. The molecule has 5 atom stereocenters. The molecule has 0 spiro atoms. The molecule has 0 aromatic rings. The Kier molecular flexibility index (Phi) is 73.8. The Bertz CT molecular complexity index is 1890. The van der Waals surface area contributed by atoms with Gasteiger partial charge in [-0.15, -0.1) is 0 Å². The molecule has 0 aromatic carbocycles. The minimum atomic E-state index is -4.96. The van der Waals surface area contributed by atoms with Crippen LogP contribution in [0.2, 0.25) is 0 Å². The van der Waals surface area contributed by atoms with Crippen molar-refractivity contribution >= 4 is 39.5 Å². The highest BCUT2D eigenvalue weighted by Gasteiger charge is 2.30. The van der Waals surface area contributed by atoms with E-state index >= 15 is 0 Å². The quantitative estimate of drug-likeness (QED) is 0.0222. The predicted molar refractivity (Wildman–Crippen MR) is 409 cm³/mol. The van der Waals surface area contributed by atoms with E-state index < -0.39 is 97.5 Å². The van der Waals surface area contributed by atoms with Crippen molar-refractivity contribution in [1.29, 1.82) is 0 Å². The van der Waals surface area contributed by atoms with Crippen molar-refractivity contribution < 1.29 is 80.2 Å². The highest BCUT2D eigenvalue weighted by atomic mass is 31.2. The lowest BCUT2D eigenvalue weighted by Crippen LogP contribution is -2.30. The molecular formula is C81H158O17P2. The van der Waals surface area contributed by atoms with E-state index in [1.165, 1.54) is 270 Å². The fourth-order valence-electron chi connectivity index (χ4n) is 12.6.